The summed E-state index contributed by atoms with van der Waals surface area (Å²) in [6.45, 7) is 0.614. The highest BCUT2D eigenvalue weighted by molar-refractivity contribution is 6.12. The Morgan fingerprint density at radius 2 is 0.764 bits per heavy atom. The van der Waals surface area contributed by atoms with E-state index < -0.39 is 155 Å². The van der Waals surface area contributed by atoms with Crippen molar-refractivity contribution in [2.45, 2.75) is 25.5 Å². The predicted octanol–water partition coefficient (Wildman–Crippen LogP) is 9.75. The van der Waals surface area contributed by atoms with Gasteiger partial charge in [0.15, 0.2) is 29.1 Å². The third kappa shape index (κ3) is 6.43. The Bertz CT molecular complexity index is 2570. The zero-order chi connectivity index (χ0) is 41.9. The molecule has 0 radical (unpaired) electrons. The van der Waals surface area contributed by atoms with Crippen LogP contribution < -0.4 is 0 Å². The van der Waals surface area contributed by atoms with Crippen LogP contribution >= 0.6 is 0 Å². The van der Waals surface area contributed by atoms with E-state index in [1.165, 1.54) is 0 Å². The Morgan fingerprint density at radius 3 is 1.09 bits per heavy atom. The van der Waals surface area contributed by atoms with Crippen LogP contribution in [-0.2, 0) is 18.5 Å². The van der Waals surface area contributed by atoms with Gasteiger partial charge in [0.1, 0.15) is 53.4 Å². The molecule has 0 spiro atoms. The average Bonchev–Trinajstić information content (AvgIpc) is 3.81. The summed E-state index contributed by atoms with van der Waals surface area (Å²) >= 11 is 0. The molecule has 0 atom stereocenters. The number of nitrogens with zero attached hydrogens (tertiary/aromatic N) is 6. The number of rotatable bonds is 3. The Hall–Kier alpha value is -7.23. The predicted molar refractivity (Wildman–Crippen MR) is 151 cm³/mol. The van der Waals surface area contributed by atoms with Crippen LogP contribution in [0.2, 0.25) is 0 Å². The molecule has 55 heavy (non-hydrogen) atoms. The first-order chi connectivity index (χ1) is 25.4. The zero-order valence-electron chi connectivity index (χ0n) is 26.0. The van der Waals surface area contributed by atoms with Crippen molar-refractivity contribution in [2.24, 2.45) is 0 Å². The maximum Gasteiger partial charge on any atom is 0.417 e. The van der Waals surface area contributed by atoms with Gasteiger partial charge in [0.25, 0.3) is 0 Å². The molecule has 276 valence electrons. The minimum absolute atomic E-state index is 0.614. The van der Waals surface area contributed by atoms with Gasteiger partial charge in [-0.3, -0.25) is 0 Å². The normalized spacial score (nSPS) is 15.5. The van der Waals surface area contributed by atoms with Crippen molar-refractivity contribution in [3.63, 3.8) is 0 Å². The van der Waals surface area contributed by atoms with E-state index in [0.717, 1.165) is 36.4 Å². The second-order valence-corrected chi connectivity index (χ2v) is 10.7. The summed E-state index contributed by atoms with van der Waals surface area (Å²) in [6, 6.07) is 3.85. The van der Waals surface area contributed by atoms with E-state index in [1.807, 2.05) is 0 Å². The topological polar surface area (TPSA) is 143 Å². The van der Waals surface area contributed by atoms with Gasteiger partial charge < -0.3 is 0 Å². The van der Waals surface area contributed by atoms with Gasteiger partial charge in [-0.05, 0) is 19.1 Å². The first-order valence-electron chi connectivity index (χ1n) is 13.8. The lowest BCUT2D eigenvalue weighted by molar-refractivity contribution is -0.148. The minimum Gasteiger partial charge on any atom is -0.206 e. The van der Waals surface area contributed by atoms with Crippen molar-refractivity contribution in [1.82, 2.24) is 0 Å². The average molecular weight is 782 g/mol. The first kappa shape index (κ1) is 40.5. The van der Waals surface area contributed by atoms with Gasteiger partial charge in [-0.25, -0.2) is 26.3 Å². The van der Waals surface area contributed by atoms with E-state index in [4.69, 9.17) is 10.5 Å². The van der Waals surface area contributed by atoms with Crippen molar-refractivity contribution in [3.8, 4) is 36.4 Å². The summed E-state index contributed by atoms with van der Waals surface area (Å²) < 4.78 is 219. The van der Waals surface area contributed by atoms with Crippen molar-refractivity contribution in [2.75, 3.05) is 0 Å². The Labute approximate surface area is 295 Å². The fourth-order valence-corrected chi connectivity index (χ4v) is 5.39. The van der Waals surface area contributed by atoms with Crippen LogP contribution in [0.25, 0.3) is 16.7 Å². The monoisotopic (exact) mass is 782 g/mol. The van der Waals surface area contributed by atoms with E-state index in [-0.39, 0.29) is 0 Å². The molecule has 4 rings (SSSR count). The van der Waals surface area contributed by atoms with E-state index in [1.54, 1.807) is 0 Å². The highest BCUT2D eigenvalue weighted by Gasteiger charge is 2.50. The molecule has 1 saturated carbocycles. The lowest BCUT2D eigenvalue weighted by Crippen LogP contribution is -2.19. The zero-order valence-corrected chi connectivity index (χ0v) is 26.0. The molecule has 0 saturated heterocycles. The van der Waals surface area contributed by atoms with Gasteiger partial charge in [0.05, 0.1) is 50.1 Å². The van der Waals surface area contributed by atoms with Crippen LogP contribution in [-0.4, -0.2) is 0 Å². The molecule has 0 unspecified atom stereocenters. The van der Waals surface area contributed by atoms with Crippen molar-refractivity contribution < 1.29 is 65.9 Å². The summed E-state index contributed by atoms with van der Waals surface area (Å²) in [7, 11) is 0. The second kappa shape index (κ2) is 13.6. The van der Waals surface area contributed by atoms with Gasteiger partial charge in [-0.15, -0.1) is 0 Å². The third-order valence-corrected chi connectivity index (χ3v) is 7.81. The maximum atomic E-state index is 15.6. The molecule has 3 aromatic carbocycles. The number of benzene rings is 3. The van der Waals surface area contributed by atoms with Gasteiger partial charge >= 0.3 is 18.5 Å². The Morgan fingerprint density at radius 1 is 0.436 bits per heavy atom. The molecular formula is C34H5F15N6. The SMILES string of the molecule is Cc1c(F)c(/C(C#N)=C2\C(=C(C#N)c3c(C(F)(F)F)cc(C(F)(F)F)cc3C(F)(F)F)\C2=C(/C#N)c2c(F)c(F)c(C#N)c(C#N)c2F)c(F)c(F)c1C#N. The van der Waals surface area contributed by atoms with Crippen LogP contribution in [0.5, 0.6) is 0 Å². The van der Waals surface area contributed by atoms with Crippen LogP contribution in [0, 0.1) is 110 Å². The van der Waals surface area contributed by atoms with Crippen LogP contribution in [0.1, 0.15) is 55.6 Å². The van der Waals surface area contributed by atoms with E-state index in [2.05, 4.69) is 0 Å². The summed E-state index contributed by atoms with van der Waals surface area (Å²) in [5.41, 5.74) is -31.0. The molecule has 1 aliphatic carbocycles. The van der Waals surface area contributed by atoms with E-state index in [0.29, 0.717) is 6.92 Å². The molecule has 1 fully saturated rings. The lowest BCUT2D eigenvalue weighted by atomic mass is 9.90. The van der Waals surface area contributed by atoms with Crippen LogP contribution in [0.15, 0.2) is 28.9 Å². The summed E-state index contributed by atoms with van der Waals surface area (Å²) in [5.74, 6) is -14.0. The van der Waals surface area contributed by atoms with E-state index in [9.17, 15) is 69.3 Å². The highest BCUT2D eigenvalue weighted by Crippen LogP contribution is 2.59. The molecular weight excluding hydrogens is 777 g/mol. The van der Waals surface area contributed by atoms with Gasteiger partial charge in [0.2, 0.25) is 0 Å². The number of halogens is 15. The Kier molecular flexibility index (Phi) is 10.0. The molecule has 1 aliphatic rings. The largest absolute Gasteiger partial charge is 0.417 e. The summed E-state index contributed by atoms with van der Waals surface area (Å²) in [4.78, 5) is 0. The minimum atomic E-state index is -6.24. The van der Waals surface area contributed by atoms with Crippen LogP contribution in [0.3, 0.4) is 0 Å². The van der Waals surface area contributed by atoms with Gasteiger partial charge in [0, 0.05) is 27.8 Å². The molecule has 0 aliphatic heterocycles. The van der Waals surface area contributed by atoms with E-state index >= 15 is 17.6 Å². The number of hydrogen-bond donors (Lipinski definition) is 0. The second-order valence-electron chi connectivity index (χ2n) is 10.7. The highest BCUT2D eigenvalue weighted by atomic mass is 19.4. The van der Waals surface area contributed by atoms with Crippen molar-refractivity contribution >= 4 is 16.7 Å². The maximum absolute atomic E-state index is 15.6. The fraction of sp³-hybridized carbons (Fsp3) is 0.118. The molecule has 0 heterocycles. The quantitative estimate of drug-likeness (QED) is 0.147. The lowest BCUT2D eigenvalue weighted by Gasteiger charge is -2.21. The molecule has 0 amide bonds. The number of allylic oxidation sites excluding steroid dienone is 6. The molecule has 6 nitrogen and oxygen atoms in total. The van der Waals surface area contributed by atoms with Gasteiger partial charge in [-0.2, -0.15) is 71.1 Å². The smallest absolute Gasteiger partial charge is 0.206 e. The Balaban J connectivity index is 2.48. The van der Waals surface area contributed by atoms with Crippen molar-refractivity contribution in [1.29, 1.82) is 31.6 Å². The van der Waals surface area contributed by atoms with Crippen LogP contribution in [0.4, 0.5) is 65.9 Å². The van der Waals surface area contributed by atoms with Gasteiger partial charge in [-0.1, -0.05) is 0 Å². The molecule has 0 bridgehead atoms. The fourth-order valence-electron chi connectivity index (χ4n) is 5.39. The summed E-state index contributed by atoms with van der Waals surface area (Å²) in [6.07, 6.45) is -18.4. The van der Waals surface area contributed by atoms with Crippen molar-refractivity contribution in [3.05, 3.63) is 119 Å². The summed E-state index contributed by atoms with van der Waals surface area (Å²) in [5, 5.41) is 57.6. The molecule has 0 aromatic heterocycles. The standard InChI is InChI=1S/C34H5F15N6/c1-10-12(4-50)28(37)30(39)24(26(10)35)16(8-54)22-21(23(22)17(9-55)25-27(36)13(5-51)14(6-52)29(38)31(25)40)15(7-53)20-18(33(44,45)46)2-11(32(41,42)43)3-19(20)34(47,48)49/h2-3H,1H3/b21-15?,22-16+,23-17-. The first-order valence-corrected chi connectivity index (χ1v) is 13.8. The number of alkyl halides is 9. The third-order valence-electron chi connectivity index (χ3n) is 7.81. The number of hydrogen-bond acceptors (Lipinski definition) is 6. The molecule has 21 heteroatoms. The molecule has 3 aromatic rings. The molecule has 0 N–H and O–H groups in total. The number of nitriles is 6.